The van der Waals surface area contributed by atoms with E-state index in [1.807, 2.05) is 6.07 Å². The number of carbonyl (C=O) groups is 1. The number of rotatable bonds is 2. The maximum atomic E-state index is 13.5. The van der Waals surface area contributed by atoms with Gasteiger partial charge in [0.25, 0.3) is 0 Å². The summed E-state index contributed by atoms with van der Waals surface area (Å²) < 4.78 is 18.0. The van der Waals surface area contributed by atoms with E-state index in [9.17, 15) is 9.18 Å². The maximum absolute atomic E-state index is 13.5. The molecule has 1 aromatic carbocycles. The van der Waals surface area contributed by atoms with Gasteiger partial charge in [-0.2, -0.15) is 5.26 Å². The third kappa shape index (κ3) is 2.77. The summed E-state index contributed by atoms with van der Waals surface area (Å²) in [5.74, 6) is -1.09. The van der Waals surface area contributed by atoms with E-state index in [1.165, 1.54) is 19.2 Å². The van der Waals surface area contributed by atoms with Crippen molar-refractivity contribution in [2.24, 2.45) is 0 Å². The Bertz CT molecular complexity index is 440. The summed E-state index contributed by atoms with van der Waals surface area (Å²) in [6.07, 6.45) is -0.184. The molecule has 0 fully saturated rings. The van der Waals surface area contributed by atoms with Crippen LogP contribution in [0.4, 0.5) is 4.39 Å². The minimum Gasteiger partial charge on any atom is -0.469 e. The lowest BCUT2D eigenvalue weighted by atomic mass is 10.1. The van der Waals surface area contributed by atoms with Crippen molar-refractivity contribution in [2.75, 3.05) is 7.11 Å². The highest BCUT2D eigenvalue weighted by atomic mass is 79.9. The van der Waals surface area contributed by atoms with Crippen LogP contribution in [0.5, 0.6) is 0 Å². The van der Waals surface area contributed by atoms with Gasteiger partial charge in [0, 0.05) is 5.56 Å². The van der Waals surface area contributed by atoms with E-state index in [4.69, 9.17) is 5.26 Å². The molecule has 0 saturated carbocycles. The lowest BCUT2D eigenvalue weighted by Gasteiger charge is -2.04. The molecule has 1 rings (SSSR count). The molecule has 0 bridgehead atoms. The summed E-state index contributed by atoms with van der Waals surface area (Å²) in [5.41, 5.74) is 0.440. The van der Waals surface area contributed by atoms with Gasteiger partial charge in [0.15, 0.2) is 0 Å². The first-order valence-electron chi connectivity index (χ1n) is 4.03. The largest absolute Gasteiger partial charge is 0.469 e. The number of methoxy groups -OCH3 is 1. The van der Waals surface area contributed by atoms with E-state index in [-0.39, 0.29) is 16.5 Å². The molecule has 0 aliphatic rings. The summed E-state index contributed by atoms with van der Waals surface area (Å²) >= 11 is 2.97. The molecule has 0 atom stereocenters. The Morgan fingerprint density at radius 3 is 2.87 bits per heavy atom. The van der Waals surface area contributed by atoms with Gasteiger partial charge in [-0.1, -0.05) is 0 Å². The third-order valence-electron chi connectivity index (χ3n) is 1.80. The summed E-state index contributed by atoms with van der Waals surface area (Å²) in [7, 11) is 1.23. The standard InChI is InChI=1S/C10H7BrFNO2/c1-15-9(14)4-7-2-6(5-13)3-8(11)10(7)12/h2-3H,4H2,1H3. The van der Waals surface area contributed by atoms with Gasteiger partial charge < -0.3 is 4.74 Å². The molecular formula is C10H7BrFNO2. The fourth-order valence-corrected chi connectivity index (χ4v) is 1.57. The zero-order chi connectivity index (χ0) is 11.4. The molecule has 0 spiro atoms. The first-order valence-corrected chi connectivity index (χ1v) is 4.82. The second kappa shape index (κ2) is 4.89. The monoisotopic (exact) mass is 271 g/mol. The van der Waals surface area contributed by atoms with Gasteiger partial charge in [-0.15, -0.1) is 0 Å². The lowest BCUT2D eigenvalue weighted by Crippen LogP contribution is -2.06. The van der Waals surface area contributed by atoms with Gasteiger partial charge in [-0.25, -0.2) is 4.39 Å². The first-order chi connectivity index (χ1) is 7.08. The van der Waals surface area contributed by atoms with Gasteiger partial charge >= 0.3 is 5.97 Å². The number of nitriles is 1. The average Bonchev–Trinajstić information content (AvgIpc) is 2.24. The molecule has 0 aromatic heterocycles. The summed E-state index contributed by atoms with van der Waals surface area (Å²) in [6, 6.07) is 4.57. The number of nitrogens with zero attached hydrogens (tertiary/aromatic N) is 1. The van der Waals surface area contributed by atoms with Gasteiger partial charge in [-0.3, -0.25) is 4.79 Å². The Morgan fingerprint density at radius 2 is 2.33 bits per heavy atom. The molecule has 1 aromatic rings. The van der Waals surface area contributed by atoms with Crippen LogP contribution in [0.15, 0.2) is 16.6 Å². The van der Waals surface area contributed by atoms with Crippen molar-refractivity contribution in [1.29, 1.82) is 5.26 Å². The Kier molecular flexibility index (Phi) is 3.81. The van der Waals surface area contributed by atoms with Crippen molar-refractivity contribution in [3.63, 3.8) is 0 Å². The lowest BCUT2D eigenvalue weighted by molar-refractivity contribution is -0.139. The minimum absolute atomic E-state index is 0.146. The highest BCUT2D eigenvalue weighted by molar-refractivity contribution is 9.10. The van der Waals surface area contributed by atoms with Crippen molar-refractivity contribution in [3.05, 3.63) is 33.5 Å². The number of carbonyl (C=O) groups excluding carboxylic acids is 1. The van der Waals surface area contributed by atoms with Crippen molar-refractivity contribution in [1.82, 2.24) is 0 Å². The van der Waals surface area contributed by atoms with Crippen LogP contribution in [-0.2, 0) is 16.0 Å². The number of hydrogen-bond acceptors (Lipinski definition) is 3. The van der Waals surface area contributed by atoms with Crippen molar-refractivity contribution in [3.8, 4) is 6.07 Å². The number of esters is 1. The van der Waals surface area contributed by atoms with Gasteiger partial charge in [0.05, 0.1) is 29.6 Å². The SMILES string of the molecule is COC(=O)Cc1cc(C#N)cc(Br)c1F. The fraction of sp³-hybridized carbons (Fsp3) is 0.200. The summed E-state index contributed by atoms with van der Waals surface area (Å²) in [6.45, 7) is 0. The molecule has 0 saturated heterocycles. The number of benzene rings is 1. The van der Waals surface area contributed by atoms with Crippen LogP contribution in [0.2, 0.25) is 0 Å². The number of hydrogen-bond donors (Lipinski definition) is 0. The second-order valence-corrected chi connectivity index (χ2v) is 3.65. The molecule has 0 heterocycles. The van der Waals surface area contributed by atoms with E-state index >= 15 is 0 Å². The van der Waals surface area contributed by atoms with Crippen LogP contribution in [0.3, 0.4) is 0 Å². The molecule has 0 aliphatic carbocycles. The summed E-state index contributed by atoms with van der Waals surface area (Å²) in [5, 5.41) is 8.66. The predicted octanol–water partition coefficient (Wildman–Crippen LogP) is 2.18. The van der Waals surface area contributed by atoms with Crippen molar-refractivity contribution >= 4 is 21.9 Å². The third-order valence-corrected chi connectivity index (χ3v) is 2.37. The molecule has 0 unspecified atom stereocenters. The predicted molar refractivity (Wildman–Crippen MR) is 54.5 cm³/mol. The fourth-order valence-electron chi connectivity index (χ4n) is 1.07. The van der Waals surface area contributed by atoms with Gasteiger partial charge in [-0.05, 0) is 28.1 Å². The molecule has 5 heteroatoms. The Labute approximate surface area is 94.6 Å². The Hall–Kier alpha value is -1.41. The van der Waals surface area contributed by atoms with Gasteiger partial charge in [0.2, 0.25) is 0 Å². The van der Waals surface area contributed by atoms with Crippen molar-refractivity contribution in [2.45, 2.75) is 6.42 Å². The highest BCUT2D eigenvalue weighted by Crippen LogP contribution is 2.21. The van der Waals surface area contributed by atoms with Crippen molar-refractivity contribution < 1.29 is 13.9 Å². The molecule has 15 heavy (non-hydrogen) atoms. The second-order valence-electron chi connectivity index (χ2n) is 2.80. The number of ether oxygens (including phenoxy) is 1. The Morgan fingerprint density at radius 1 is 1.67 bits per heavy atom. The van der Waals surface area contributed by atoms with Crippen LogP contribution >= 0.6 is 15.9 Å². The zero-order valence-electron chi connectivity index (χ0n) is 7.88. The maximum Gasteiger partial charge on any atom is 0.310 e. The molecule has 0 amide bonds. The average molecular weight is 272 g/mol. The normalized spacial score (nSPS) is 9.47. The van der Waals surface area contributed by atoms with Crippen LogP contribution in [-0.4, -0.2) is 13.1 Å². The molecule has 3 nitrogen and oxygen atoms in total. The van der Waals surface area contributed by atoms with E-state index in [0.29, 0.717) is 5.56 Å². The van der Waals surface area contributed by atoms with Crippen LogP contribution in [0.1, 0.15) is 11.1 Å². The minimum atomic E-state index is -0.545. The topological polar surface area (TPSA) is 50.1 Å². The molecular weight excluding hydrogens is 265 g/mol. The van der Waals surface area contributed by atoms with E-state index in [2.05, 4.69) is 20.7 Å². The highest BCUT2D eigenvalue weighted by Gasteiger charge is 2.12. The van der Waals surface area contributed by atoms with E-state index in [1.54, 1.807) is 0 Å². The summed E-state index contributed by atoms with van der Waals surface area (Å²) in [4.78, 5) is 11.0. The smallest absolute Gasteiger partial charge is 0.310 e. The number of halogens is 2. The van der Waals surface area contributed by atoms with Crippen LogP contribution in [0.25, 0.3) is 0 Å². The quantitative estimate of drug-likeness (QED) is 0.775. The van der Waals surface area contributed by atoms with Gasteiger partial charge in [0.1, 0.15) is 5.82 Å². The van der Waals surface area contributed by atoms with Crippen LogP contribution < -0.4 is 0 Å². The molecule has 0 radical (unpaired) electrons. The van der Waals surface area contributed by atoms with E-state index < -0.39 is 11.8 Å². The Balaban J connectivity index is 3.12. The molecule has 78 valence electrons. The zero-order valence-corrected chi connectivity index (χ0v) is 9.47. The first kappa shape index (κ1) is 11.7. The van der Waals surface area contributed by atoms with Crippen LogP contribution in [0, 0.1) is 17.1 Å². The molecule has 0 aliphatic heterocycles. The van der Waals surface area contributed by atoms with E-state index in [0.717, 1.165) is 0 Å². The molecule has 0 N–H and O–H groups in total.